The number of ether oxygens (including phenoxy) is 3. The van der Waals surface area contributed by atoms with Gasteiger partial charge in [-0.25, -0.2) is 0 Å². The SMILES string of the molecule is CCCCC(CC)C(=O)c1ccc(C(=O)N(CCOCCOCCOC)CCC(=O)N(CC)CCCS(=O)(=O)O)cc1. The minimum Gasteiger partial charge on any atom is -0.382 e. The van der Waals surface area contributed by atoms with Crippen LogP contribution in [0.25, 0.3) is 0 Å². The van der Waals surface area contributed by atoms with E-state index in [0.29, 0.717) is 44.1 Å². The first-order valence-electron chi connectivity index (χ1n) is 14.9. The number of amides is 2. The van der Waals surface area contributed by atoms with E-state index in [4.69, 9.17) is 18.8 Å². The normalized spacial score (nSPS) is 12.2. The number of nitrogens with zero attached hydrogens (tertiary/aromatic N) is 2. The van der Waals surface area contributed by atoms with Crippen LogP contribution in [0.1, 0.15) is 80.0 Å². The molecule has 0 aliphatic rings. The Hall–Kier alpha value is -2.38. The molecule has 0 aliphatic heterocycles. The molecule has 240 valence electrons. The van der Waals surface area contributed by atoms with E-state index in [1.54, 1.807) is 43.2 Å². The van der Waals surface area contributed by atoms with E-state index < -0.39 is 15.9 Å². The molecule has 0 heterocycles. The Morgan fingerprint density at radius 1 is 0.833 bits per heavy atom. The first-order chi connectivity index (χ1) is 20.1. The predicted molar refractivity (Wildman–Crippen MR) is 161 cm³/mol. The van der Waals surface area contributed by atoms with Crippen molar-refractivity contribution in [2.75, 3.05) is 72.1 Å². The van der Waals surface area contributed by atoms with E-state index in [0.717, 1.165) is 25.7 Å². The van der Waals surface area contributed by atoms with Crippen LogP contribution in [0.4, 0.5) is 0 Å². The molecule has 0 radical (unpaired) electrons. The second kappa shape index (κ2) is 21.3. The summed E-state index contributed by atoms with van der Waals surface area (Å²) in [6, 6.07) is 6.68. The first kappa shape index (κ1) is 37.6. The summed E-state index contributed by atoms with van der Waals surface area (Å²) in [6.07, 6.45) is 3.79. The second-order valence-corrected chi connectivity index (χ2v) is 11.6. The fourth-order valence-electron chi connectivity index (χ4n) is 4.41. The van der Waals surface area contributed by atoms with Gasteiger partial charge >= 0.3 is 0 Å². The monoisotopic (exact) mass is 614 g/mol. The Morgan fingerprint density at radius 3 is 2.02 bits per heavy atom. The summed E-state index contributed by atoms with van der Waals surface area (Å²) in [7, 11) is -2.51. The summed E-state index contributed by atoms with van der Waals surface area (Å²) in [4.78, 5) is 42.3. The Bertz CT molecular complexity index is 1030. The van der Waals surface area contributed by atoms with E-state index in [2.05, 4.69) is 6.92 Å². The van der Waals surface area contributed by atoms with Crippen molar-refractivity contribution < 1.29 is 41.6 Å². The number of benzene rings is 1. The second-order valence-electron chi connectivity index (χ2n) is 10.1. The Morgan fingerprint density at radius 2 is 1.45 bits per heavy atom. The summed E-state index contributed by atoms with van der Waals surface area (Å²) in [5.41, 5.74) is 0.987. The van der Waals surface area contributed by atoms with Crippen molar-refractivity contribution in [1.82, 2.24) is 9.80 Å². The average Bonchev–Trinajstić information content (AvgIpc) is 2.97. The topological polar surface area (TPSA) is 140 Å². The number of carbonyl (C=O) groups excluding carboxylic acids is 3. The standard InChI is InChI=1S/C30H50N2O9S/c1-5-8-10-25(6-2)29(34)26-11-13-27(14-12-26)30(35)32(18-19-40-22-23-41-21-20-39-4)17-15-28(33)31(7-3)16-9-24-42(36,37)38/h11-14,25H,5-10,15-24H2,1-4H3,(H,36,37,38). The summed E-state index contributed by atoms with van der Waals surface area (Å²) in [5.74, 6) is -0.888. The maximum atomic E-state index is 13.5. The highest BCUT2D eigenvalue weighted by molar-refractivity contribution is 7.85. The van der Waals surface area contributed by atoms with Gasteiger partial charge in [0.05, 0.1) is 38.8 Å². The molecule has 0 aromatic heterocycles. The minimum absolute atomic E-state index is 0.0383. The molecule has 1 rings (SSSR count). The highest BCUT2D eigenvalue weighted by Crippen LogP contribution is 2.20. The predicted octanol–water partition coefficient (Wildman–Crippen LogP) is 3.72. The summed E-state index contributed by atoms with van der Waals surface area (Å²) < 4.78 is 47.0. The van der Waals surface area contributed by atoms with Crippen LogP contribution in [0.5, 0.6) is 0 Å². The molecule has 0 spiro atoms. The maximum absolute atomic E-state index is 13.5. The number of rotatable bonds is 24. The van der Waals surface area contributed by atoms with Crippen molar-refractivity contribution in [3.05, 3.63) is 35.4 Å². The molecule has 0 saturated heterocycles. The fourth-order valence-corrected chi connectivity index (χ4v) is 4.90. The van der Waals surface area contributed by atoms with Crippen LogP contribution in [-0.4, -0.2) is 112 Å². The molecule has 2 amide bonds. The molecular weight excluding hydrogens is 564 g/mol. The molecule has 0 bridgehead atoms. The lowest BCUT2D eigenvalue weighted by atomic mass is 9.90. The van der Waals surface area contributed by atoms with Gasteiger partial charge in [-0.15, -0.1) is 0 Å². The van der Waals surface area contributed by atoms with Crippen molar-refractivity contribution in [3.8, 4) is 0 Å². The van der Waals surface area contributed by atoms with Crippen LogP contribution >= 0.6 is 0 Å². The van der Waals surface area contributed by atoms with E-state index in [1.165, 1.54) is 4.90 Å². The highest BCUT2D eigenvalue weighted by Gasteiger charge is 2.21. The van der Waals surface area contributed by atoms with E-state index in [-0.39, 0.29) is 62.6 Å². The van der Waals surface area contributed by atoms with Crippen molar-refractivity contribution >= 4 is 27.7 Å². The lowest BCUT2D eigenvalue weighted by molar-refractivity contribution is -0.131. The van der Waals surface area contributed by atoms with Crippen molar-refractivity contribution in [1.29, 1.82) is 0 Å². The zero-order valence-electron chi connectivity index (χ0n) is 25.7. The van der Waals surface area contributed by atoms with Gasteiger partial charge in [0.2, 0.25) is 5.91 Å². The molecule has 1 unspecified atom stereocenters. The number of Topliss-reactive ketones (excluding diaryl/α,β-unsaturated/α-hetero) is 1. The smallest absolute Gasteiger partial charge is 0.264 e. The van der Waals surface area contributed by atoms with E-state index >= 15 is 0 Å². The number of carbonyl (C=O) groups is 3. The van der Waals surface area contributed by atoms with Crippen LogP contribution in [-0.2, 0) is 29.1 Å². The van der Waals surface area contributed by atoms with Gasteiger partial charge in [0, 0.05) is 56.8 Å². The quantitative estimate of drug-likeness (QED) is 0.105. The molecule has 1 atom stereocenters. The highest BCUT2D eigenvalue weighted by atomic mass is 32.2. The molecule has 42 heavy (non-hydrogen) atoms. The van der Waals surface area contributed by atoms with Gasteiger partial charge in [-0.3, -0.25) is 18.9 Å². The molecule has 0 fully saturated rings. The molecule has 1 aromatic rings. The van der Waals surface area contributed by atoms with Gasteiger partial charge in [-0.2, -0.15) is 8.42 Å². The van der Waals surface area contributed by atoms with Gasteiger partial charge < -0.3 is 24.0 Å². The number of hydrogen-bond donors (Lipinski definition) is 1. The third kappa shape index (κ3) is 15.2. The fraction of sp³-hybridized carbons (Fsp3) is 0.700. The van der Waals surface area contributed by atoms with Crippen LogP contribution in [0.15, 0.2) is 24.3 Å². The molecular formula is C30H50N2O9S. The third-order valence-electron chi connectivity index (χ3n) is 6.94. The van der Waals surface area contributed by atoms with Gasteiger partial charge in [-0.05, 0) is 38.3 Å². The van der Waals surface area contributed by atoms with E-state index in [9.17, 15) is 22.8 Å². The number of unbranched alkanes of at least 4 members (excludes halogenated alkanes) is 1. The maximum Gasteiger partial charge on any atom is 0.264 e. The third-order valence-corrected chi connectivity index (χ3v) is 7.75. The lowest BCUT2D eigenvalue weighted by Crippen LogP contribution is -2.39. The van der Waals surface area contributed by atoms with Crippen molar-refractivity contribution in [3.63, 3.8) is 0 Å². The molecule has 0 aliphatic carbocycles. The zero-order chi connectivity index (χ0) is 31.4. The number of hydrogen-bond acceptors (Lipinski definition) is 8. The zero-order valence-corrected chi connectivity index (χ0v) is 26.5. The Labute approximate surface area is 251 Å². The average molecular weight is 615 g/mol. The molecule has 12 heteroatoms. The summed E-state index contributed by atoms with van der Waals surface area (Å²) in [6.45, 7) is 8.75. The Balaban J connectivity index is 2.88. The molecule has 1 N–H and O–H groups in total. The van der Waals surface area contributed by atoms with Crippen molar-refractivity contribution in [2.45, 2.75) is 59.3 Å². The molecule has 0 saturated carbocycles. The van der Waals surface area contributed by atoms with Crippen LogP contribution < -0.4 is 0 Å². The van der Waals surface area contributed by atoms with Crippen LogP contribution in [0, 0.1) is 5.92 Å². The van der Waals surface area contributed by atoms with Gasteiger partial charge in [0.25, 0.3) is 16.0 Å². The van der Waals surface area contributed by atoms with Gasteiger partial charge in [0.15, 0.2) is 5.78 Å². The number of methoxy groups -OCH3 is 1. The minimum atomic E-state index is -4.10. The largest absolute Gasteiger partial charge is 0.382 e. The van der Waals surface area contributed by atoms with Crippen LogP contribution in [0.2, 0.25) is 0 Å². The van der Waals surface area contributed by atoms with E-state index in [1.807, 2.05) is 6.92 Å². The lowest BCUT2D eigenvalue weighted by Gasteiger charge is -2.25. The first-order valence-corrected chi connectivity index (χ1v) is 16.5. The van der Waals surface area contributed by atoms with Gasteiger partial charge in [-0.1, -0.05) is 38.8 Å². The summed E-state index contributed by atoms with van der Waals surface area (Å²) in [5, 5.41) is 0. The summed E-state index contributed by atoms with van der Waals surface area (Å²) >= 11 is 0. The van der Waals surface area contributed by atoms with Gasteiger partial charge in [0.1, 0.15) is 0 Å². The molecule has 11 nitrogen and oxygen atoms in total. The number of ketones is 1. The Kier molecular flexibility index (Phi) is 19.1. The molecule has 1 aromatic carbocycles. The van der Waals surface area contributed by atoms with Crippen molar-refractivity contribution in [2.24, 2.45) is 5.92 Å². The van der Waals surface area contributed by atoms with Crippen LogP contribution in [0.3, 0.4) is 0 Å².